The van der Waals surface area contributed by atoms with Crippen molar-refractivity contribution in [2.45, 2.75) is 46.5 Å². The van der Waals surface area contributed by atoms with Gasteiger partial charge in [-0.2, -0.15) is 5.10 Å². The van der Waals surface area contributed by atoms with E-state index < -0.39 is 0 Å². The van der Waals surface area contributed by atoms with Gasteiger partial charge in [-0.05, 0) is 42.8 Å². The Morgan fingerprint density at radius 1 is 1.15 bits per heavy atom. The highest BCUT2D eigenvalue weighted by Crippen LogP contribution is 2.37. The number of nitrogens with one attached hydrogen (secondary N) is 1. The van der Waals surface area contributed by atoms with Gasteiger partial charge in [0.05, 0.1) is 35.2 Å². The number of aliphatic imine (C=N–C) groups is 1. The molecule has 0 saturated heterocycles. The molecule has 0 aliphatic carbocycles. The highest BCUT2D eigenvalue weighted by molar-refractivity contribution is 6.50. The molecule has 2 heterocycles. The van der Waals surface area contributed by atoms with E-state index in [0.717, 1.165) is 11.5 Å². The fourth-order valence-corrected chi connectivity index (χ4v) is 4.36. The lowest BCUT2D eigenvalue weighted by molar-refractivity contribution is -0.121. The molecule has 2 aromatic carbocycles. The zero-order valence-corrected chi connectivity index (χ0v) is 24.5. The van der Waals surface area contributed by atoms with Crippen LogP contribution in [0.2, 0.25) is 10.0 Å². The summed E-state index contributed by atoms with van der Waals surface area (Å²) in [5.74, 6) is 2.06. The molecule has 4 rings (SSSR count). The van der Waals surface area contributed by atoms with Gasteiger partial charge in [-0.25, -0.2) is 9.98 Å². The molecule has 10 nitrogen and oxygen atoms in total. The number of phenolic OH excluding ortho intramolecular Hbond substituents is 1. The SMILES string of the molecule is COc1ccc(OCCCC(=O)NCC(C)c2nc3n(n2)N=C(C(C)(C)C)C3=Nc2cc(Cl)c(O)c(Cl)c2)cc1. The molecule has 1 atom stereocenters. The third-order valence-corrected chi connectivity index (χ3v) is 6.69. The largest absolute Gasteiger partial charge is 0.505 e. The second kappa shape index (κ2) is 12.3. The molecular weight excluding hydrogens is 555 g/mol. The number of ether oxygens (including phenoxy) is 2. The lowest BCUT2D eigenvalue weighted by Gasteiger charge is -2.18. The Morgan fingerprint density at radius 3 is 2.42 bits per heavy atom. The first-order valence-corrected chi connectivity index (χ1v) is 13.6. The fraction of sp³-hybridized carbons (Fsp3) is 0.393. The van der Waals surface area contributed by atoms with Crippen LogP contribution in [-0.2, 0) is 4.79 Å². The van der Waals surface area contributed by atoms with Crippen molar-refractivity contribution in [3.63, 3.8) is 0 Å². The molecule has 2 N–H and O–H groups in total. The van der Waals surface area contributed by atoms with E-state index in [2.05, 4.69) is 15.5 Å². The topological polar surface area (TPSA) is 123 Å². The summed E-state index contributed by atoms with van der Waals surface area (Å²) in [5.41, 5.74) is 1.35. The number of methoxy groups -OCH3 is 1. The predicted molar refractivity (Wildman–Crippen MR) is 156 cm³/mol. The minimum absolute atomic E-state index is 0.0756. The molecule has 1 aromatic heterocycles. The maximum atomic E-state index is 12.4. The molecule has 1 amide bonds. The second-order valence-corrected chi connectivity index (χ2v) is 11.2. The number of aromatic hydroxyl groups is 1. The highest BCUT2D eigenvalue weighted by atomic mass is 35.5. The lowest BCUT2D eigenvalue weighted by Crippen LogP contribution is -2.29. The number of hydrogen-bond acceptors (Lipinski definition) is 8. The van der Waals surface area contributed by atoms with Crippen LogP contribution in [0.5, 0.6) is 17.2 Å². The second-order valence-electron chi connectivity index (χ2n) is 10.4. The molecule has 0 fully saturated rings. The maximum Gasteiger partial charge on any atom is 0.220 e. The number of carbonyl (C=O) groups is 1. The Bertz CT molecular complexity index is 1420. The number of aromatic nitrogens is 3. The van der Waals surface area contributed by atoms with Crippen LogP contribution in [-0.4, -0.2) is 57.6 Å². The molecule has 40 heavy (non-hydrogen) atoms. The summed E-state index contributed by atoms with van der Waals surface area (Å²) < 4.78 is 10.8. The van der Waals surface area contributed by atoms with Crippen LogP contribution in [0.15, 0.2) is 46.5 Å². The van der Waals surface area contributed by atoms with Crippen LogP contribution in [0.25, 0.3) is 0 Å². The van der Waals surface area contributed by atoms with Crippen LogP contribution >= 0.6 is 23.2 Å². The van der Waals surface area contributed by atoms with Gasteiger partial charge in [0.25, 0.3) is 0 Å². The van der Waals surface area contributed by atoms with Crippen molar-refractivity contribution >= 4 is 46.2 Å². The summed E-state index contributed by atoms with van der Waals surface area (Å²) in [5, 5.41) is 22.2. The number of amides is 1. The Labute approximate surface area is 243 Å². The summed E-state index contributed by atoms with van der Waals surface area (Å²) in [7, 11) is 1.61. The first-order chi connectivity index (χ1) is 19.0. The smallest absolute Gasteiger partial charge is 0.220 e. The fourth-order valence-electron chi connectivity index (χ4n) is 3.89. The maximum absolute atomic E-state index is 12.4. The van der Waals surface area contributed by atoms with Crippen molar-refractivity contribution in [2.24, 2.45) is 15.5 Å². The number of halogens is 2. The van der Waals surface area contributed by atoms with E-state index >= 15 is 0 Å². The van der Waals surface area contributed by atoms with E-state index in [-0.39, 0.29) is 33.0 Å². The van der Waals surface area contributed by atoms with E-state index in [1.165, 1.54) is 16.9 Å². The number of hydrogen-bond donors (Lipinski definition) is 2. The minimum atomic E-state index is -0.345. The Kier molecular flexibility index (Phi) is 9.00. The molecule has 3 aromatic rings. The average Bonchev–Trinajstić information content (AvgIpc) is 3.48. The van der Waals surface area contributed by atoms with Crippen molar-refractivity contribution in [3.05, 3.63) is 58.1 Å². The standard InChI is InChI=1S/C28H32Cl2N6O4/c1-16(15-31-22(37)7-6-12-40-19-10-8-18(39-5)9-11-19)26-33-27-23(25(28(2,3)4)34-36(27)35-26)32-17-13-20(29)24(38)21(30)14-17/h8-11,13-14,16,38H,6-7,12,15H2,1-5H3,(H,31,37). The molecule has 12 heteroatoms. The zero-order chi connectivity index (χ0) is 29.0. The summed E-state index contributed by atoms with van der Waals surface area (Å²) in [6.45, 7) is 8.79. The quantitative estimate of drug-likeness (QED) is 0.291. The van der Waals surface area contributed by atoms with Crippen molar-refractivity contribution in [3.8, 4) is 17.2 Å². The number of benzene rings is 2. The van der Waals surface area contributed by atoms with Crippen molar-refractivity contribution in [1.29, 1.82) is 0 Å². The molecule has 212 valence electrons. The normalized spacial score (nSPS) is 14.6. The number of rotatable bonds is 10. The van der Waals surface area contributed by atoms with Gasteiger partial charge in [0.15, 0.2) is 11.6 Å². The van der Waals surface area contributed by atoms with Crippen LogP contribution in [0.4, 0.5) is 5.69 Å². The Morgan fingerprint density at radius 2 is 1.80 bits per heavy atom. The van der Waals surface area contributed by atoms with E-state index in [1.807, 2.05) is 52.0 Å². The first kappa shape index (κ1) is 29.4. The summed E-state index contributed by atoms with van der Waals surface area (Å²) in [6, 6.07) is 10.4. The molecule has 1 unspecified atom stereocenters. The number of nitrogens with zero attached hydrogens (tertiary/aromatic N) is 5. The zero-order valence-electron chi connectivity index (χ0n) is 23.0. The minimum Gasteiger partial charge on any atom is -0.505 e. The monoisotopic (exact) mass is 586 g/mol. The van der Waals surface area contributed by atoms with Gasteiger partial charge in [-0.1, -0.05) is 50.9 Å². The van der Waals surface area contributed by atoms with Gasteiger partial charge in [0.2, 0.25) is 11.7 Å². The van der Waals surface area contributed by atoms with E-state index in [1.54, 1.807) is 7.11 Å². The molecule has 0 spiro atoms. The van der Waals surface area contributed by atoms with Crippen molar-refractivity contribution in [2.75, 3.05) is 20.3 Å². The summed E-state index contributed by atoms with van der Waals surface area (Å²) >= 11 is 12.2. The molecule has 0 bridgehead atoms. The number of carbonyl (C=O) groups excluding carboxylic acids is 1. The number of fused-ring (bicyclic) bond motifs is 1. The lowest BCUT2D eigenvalue weighted by atomic mass is 9.87. The van der Waals surface area contributed by atoms with Crippen LogP contribution in [0, 0.1) is 5.41 Å². The number of phenols is 1. The van der Waals surface area contributed by atoms with Crippen LogP contribution < -0.4 is 14.8 Å². The van der Waals surface area contributed by atoms with Crippen molar-refractivity contribution in [1.82, 2.24) is 20.2 Å². The van der Waals surface area contributed by atoms with Gasteiger partial charge in [0.1, 0.15) is 17.2 Å². The molecule has 0 saturated carbocycles. The van der Waals surface area contributed by atoms with E-state index in [4.69, 9.17) is 42.7 Å². The summed E-state index contributed by atoms with van der Waals surface area (Å²) in [6.07, 6.45) is 0.919. The van der Waals surface area contributed by atoms with Crippen LogP contribution in [0.3, 0.4) is 0 Å². The van der Waals surface area contributed by atoms with Gasteiger partial charge in [0, 0.05) is 24.3 Å². The average molecular weight is 588 g/mol. The van der Waals surface area contributed by atoms with Gasteiger partial charge < -0.3 is 19.9 Å². The van der Waals surface area contributed by atoms with E-state index in [0.29, 0.717) is 54.8 Å². The third kappa shape index (κ3) is 6.92. The Balaban J connectivity index is 1.37. The first-order valence-electron chi connectivity index (χ1n) is 12.8. The molecular formula is C28H32Cl2N6O4. The Hall–Kier alpha value is -3.63. The van der Waals surface area contributed by atoms with Crippen LogP contribution in [0.1, 0.15) is 58.1 Å². The summed E-state index contributed by atoms with van der Waals surface area (Å²) in [4.78, 5) is 23.3. The molecule has 1 aliphatic heterocycles. The molecule has 0 radical (unpaired) electrons. The van der Waals surface area contributed by atoms with Gasteiger partial charge >= 0.3 is 0 Å². The van der Waals surface area contributed by atoms with E-state index in [9.17, 15) is 9.90 Å². The predicted octanol–water partition coefficient (Wildman–Crippen LogP) is 5.76. The molecule has 1 aliphatic rings. The highest BCUT2D eigenvalue weighted by Gasteiger charge is 2.35. The van der Waals surface area contributed by atoms with Crippen molar-refractivity contribution < 1.29 is 19.4 Å². The third-order valence-electron chi connectivity index (χ3n) is 6.11. The van der Waals surface area contributed by atoms with Gasteiger partial charge in [-0.15, -0.1) is 9.89 Å². The van der Waals surface area contributed by atoms with Gasteiger partial charge in [-0.3, -0.25) is 4.79 Å².